The average molecular weight is 370 g/mol. The Bertz CT molecular complexity index is 705. The SMILES string of the molecule is CCN(C(=O)C1CCN(C(=O)C(C)(C)C)CC1)C(C)c1ccc(C#N)cc1. The number of carbonyl (C=O) groups is 2. The van der Waals surface area contributed by atoms with Crippen LogP contribution in [-0.4, -0.2) is 41.2 Å². The lowest BCUT2D eigenvalue weighted by atomic mass is 9.90. The second kappa shape index (κ2) is 8.56. The second-order valence-corrected chi connectivity index (χ2v) is 8.35. The minimum Gasteiger partial charge on any atom is -0.342 e. The van der Waals surface area contributed by atoms with Crippen LogP contribution in [0, 0.1) is 22.7 Å². The average Bonchev–Trinajstić information content (AvgIpc) is 2.67. The highest BCUT2D eigenvalue weighted by Gasteiger charge is 2.34. The summed E-state index contributed by atoms with van der Waals surface area (Å²) in [6.45, 7) is 11.8. The van der Waals surface area contributed by atoms with E-state index in [1.807, 2.05) is 56.6 Å². The number of amides is 2. The minimum atomic E-state index is -0.379. The van der Waals surface area contributed by atoms with Crippen molar-refractivity contribution >= 4 is 11.8 Å². The fourth-order valence-corrected chi connectivity index (χ4v) is 3.68. The van der Waals surface area contributed by atoms with Crippen LogP contribution in [0.2, 0.25) is 0 Å². The van der Waals surface area contributed by atoms with E-state index < -0.39 is 0 Å². The Balaban J connectivity index is 2.02. The first-order valence-electron chi connectivity index (χ1n) is 9.79. The predicted octanol–water partition coefficient (Wildman–Crippen LogP) is 3.75. The molecule has 1 aliphatic rings. The van der Waals surface area contributed by atoms with E-state index in [0.717, 1.165) is 18.4 Å². The number of nitriles is 1. The zero-order chi connectivity index (χ0) is 20.2. The first-order chi connectivity index (χ1) is 12.7. The van der Waals surface area contributed by atoms with E-state index in [2.05, 4.69) is 6.07 Å². The van der Waals surface area contributed by atoms with Gasteiger partial charge in [0, 0.05) is 31.0 Å². The van der Waals surface area contributed by atoms with Gasteiger partial charge in [0.1, 0.15) is 0 Å². The third-order valence-corrected chi connectivity index (χ3v) is 5.39. The Morgan fingerprint density at radius 2 is 1.78 bits per heavy atom. The van der Waals surface area contributed by atoms with Crippen LogP contribution in [0.1, 0.15) is 64.6 Å². The van der Waals surface area contributed by atoms with Gasteiger partial charge in [-0.25, -0.2) is 0 Å². The Kier molecular flexibility index (Phi) is 6.64. The third kappa shape index (κ3) is 4.88. The summed E-state index contributed by atoms with van der Waals surface area (Å²) < 4.78 is 0. The summed E-state index contributed by atoms with van der Waals surface area (Å²) in [5.74, 6) is 0.290. The Hall–Kier alpha value is -2.35. The van der Waals surface area contributed by atoms with Gasteiger partial charge in [0.2, 0.25) is 11.8 Å². The molecule has 1 fully saturated rings. The molecule has 0 aliphatic carbocycles. The number of likely N-dealkylation sites (tertiary alicyclic amines) is 1. The molecular weight excluding hydrogens is 338 g/mol. The number of rotatable bonds is 4. The van der Waals surface area contributed by atoms with E-state index in [0.29, 0.717) is 25.2 Å². The van der Waals surface area contributed by atoms with Crippen LogP contribution in [-0.2, 0) is 9.59 Å². The molecule has 1 aliphatic heterocycles. The van der Waals surface area contributed by atoms with E-state index in [4.69, 9.17) is 5.26 Å². The maximum atomic E-state index is 13.1. The van der Waals surface area contributed by atoms with Gasteiger partial charge in [-0.15, -0.1) is 0 Å². The van der Waals surface area contributed by atoms with Crippen LogP contribution >= 0.6 is 0 Å². The largest absolute Gasteiger partial charge is 0.342 e. The predicted molar refractivity (Wildman–Crippen MR) is 106 cm³/mol. The van der Waals surface area contributed by atoms with Crippen LogP contribution in [0.4, 0.5) is 0 Å². The van der Waals surface area contributed by atoms with E-state index >= 15 is 0 Å². The van der Waals surface area contributed by atoms with Crippen molar-refractivity contribution in [3.63, 3.8) is 0 Å². The maximum absolute atomic E-state index is 13.1. The van der Waals surface area contributed by atoms with Crippen molar-refractivity contribution in [3.8, 4) is 6.07 Å². The van der Waals surface area contributed by atoms with Crippen LogP contribution < -0.4 is 0 Å². The molecule has 5 heteroatoms. The summed E-state index contributed by atoms with van der Waals surface area (Å²) in [6.07, 6.45) is 1.44. The molecule has 0 bridgehead atoms. The highest BCUT2D eigenvalue weighted by molar-refractivity contribution is 5.83. The highest BCUT2D eigenvalue weighted by Crippen LogP contribution is 2.28. The van der Waals surface area contributed by atoms with Crippen molar-refractivity contribution in [2.24, 2.45) is 11.3 Å². The van der Waals surface area contributed by atoms with E-state index in [1.54, 1.807) is 12.1 Å². The smallest absolute Gasteiger partial charge is 0.227 e. The second-order valence-electron chi connectivity index (χ2n) is 8.35. The summed E-state index contributed by atoms with van der Waals surface area (Å²) >= 11 is 0. The molecule has 1 unspecified atom stereocenters. The lowest BCUT2D eigenvalue weighted by Gasteiger charge is -2.38. The number of carbonyl (C=O) groups excluding carboxylic acids is 2. The Labute approximate surface area is 162 Å². The van der Waals surface area contributed by atoms with Gasteiger partial charge in [-0.3, -0.25) is 9.59 Å². The molecule has 0 N–H and O–H groups in total. The van der Waals surface area contributed by atoms with Crippen molar-refractivity contribution in [1.29, 1.82) is 5.26 Å². The van der Waals surface area contributed by atoms with Crippen LogP contribution in [0.15, 0.2) is 24.3 Å². The van der Waals surface area contributed by atoms with Crippen LogP contribution in [0.5, 0.6) is 0 Å². The molecule has 0 saturated carbocycles. The van der Waals surface area contributed by atoms with Gasteiger partial charge < -0.3 is 9.80 Å². The first kappa shape index (κ1) is 21.0. The minimum absolute atomic E-state index is 0.0326. The van der Waals surface area contributed by atoms with Gasteiger partial charge >= 0.3 is 0 Å². The Morgan fingerprint density at radius 3 is 2.22 bits per heavy atom. The van der Waals surface area contributed by atoms with E-state index in [1.165, 1.54) is 0 Å². The molecular formula is C22H31N3O2. The number of hydrogen-bond acceptors (Lipinski definition) is 3. The topological polar surface area (TPSA) is 64.4 Å². The third-order valence-electron chi connectivity index (χ3n) is 5.39. The number of hydrogen-bond donors (Lipinski definition) is 0. The van der Waals surface area contributed by atoms with E-state index in [9.17, 15) is 9.59 Å². The fraction of sp³-hybridized carbons (Fsp3) is 0.591. The highest BCUT2D eigenvalue weighted by atomic mass is 16.2. The molecule has 1 aromatic rings. The molecule has 1 heterocycles. The molecule has 1 atom stereocenters. The number of piperidine rings is 1. The normalized spacial score (nSPS) is 16.5. The summed E-state index contributed by atoms with van der Waals surface area (Å²) in [7, 11) is 0. The van der Waals surface area contributed by atoms with Gasteiger partial charge in [0.25, 0.3) is 0 Å². The maximum Gasteiger partial charge on any atom is 0.227 e. The fourth-order valence-electron chi connectivity index (χ4n) is 3.68. The monoisotopic (exact) mass is 369 g/mol. The quantitative estimate of drug-likeness (QED) is 0.812. The van der Waals surface area contributed by atoms with Crippen molar-refractivity contribution in [2.75, 3.05) is 19.6 Å². The van der Waals surface area contributed by atoms with Gasteiger partial charge in [0.15, 0.2) is 0 Å². The summed E-state index contributed by atoms with van der Waals surface area (Å²) in [5, 5.41) is 8.95. The van der Waals surface area contributed by atoms with Gasteiger partial charge in [-0.1, -0.05) is 32.9 Å². The lowest BCUT2D eigenvalue weighted by molar-refractivity contribution is -0.145. The molecule has 1 saturated heterocycles. The van der Waals surface area contributed by atoms with Gasteiger partial charge in [0.05, 0.1) is 17.7 Å². The first-order valence-corrected chi connectivity index (χ1v) is 9.79. The van der Waals surface area contributed by atoms with Crippen molar-refractivity contribution in [3.05, 3.63) is 35.4 Å². The number of nitrogens with zero attached hydrogens (tertiary/aromatic N) is 3. The van der Waals surface area contributed by atoms with Gasteiger partial charge in [-0.2, -0.15) is 5.26 Å². The summed E-state index contributed by atoms with van der Waals surface area (Å²) in [4.78, 5) is 29.4. The Morgan fingerprint density at radius 1 is 1.22 bits per heavy atom. The number of benzene rings is 1. The van der Waals surface area contributed by atoms with Crippen LogP contribution in [0.3, 0.4) is 0 Å². The van der Waals surface area contributed by atoms with Crippen molar-refractivity contribution < 1.29 is 9.59 Å². The standard InChI is InChI=1S/C22H31N3O2/c1-6-25(16(2)18-9-7-17(15-23)8-10-18)20(26)19-11-13-24(14-12-19)21(27)22(3,4)5/h7-10,16,19H,6,11-14H2,1-5H3. The summed E-state index contributed by atoms with van der Waals surface area (Å²) in [6, 6.07) is 9.51. The molecule has 0 spiro atoms. The molecule has 0 radical (unpaired) electrons. The molecule has 5 nitrogen and oxygen atoms in total. The molecule has 2 rings (SSSR count). The zero-order valence-electron chi connectivity index (χ0n) is 17.2. The van der Waals surface area contributed by atoms with Gasteiger partial charge in [-0.05, 0) is 44.4 Å². The van der Waals surface area contributed by atoms with Crippen molar-refractivity contribution in [1.82, 2.24) is 9.80 Å². The zero-order valence-corrected chi connectivity index (χ0v) is 17.2. The molecule has 27 heavy (non-hydrogen) atoms. The van der Waals surface area contributed by atoms with E-state index in [-0.39, 0.29) is 29.2 Å². The molecule has 2 amide bonds. The molecule has 1 aromatic carbocycles. The molecule has 146 valence electrons. The summed E-state index contributed by atoms with van der Waals surface area (Å²) in [5.41, 5.74) is 1.27. The van der Waals surface area contributed by atoms with Crippen LogP contribution in [0.25, 0.3) is 0 Å². The van der Waals surface area contributed by atoms with Crippen molar-refractivity contribution in [2.45, 2.75) is 53.5 Å². The lowest BCUT2D eigenvalue weighted by Crippen LogP contribution is -2.47. The molecule has 0 aromatic heterocycles.